The molecule has 0 saturated carbocycles. The summed E-state index contributed by atoms with van der Waals surface area (Å²) < 4.78 is 34.7. The maximum absolute atomic E-state index is 13.2. The van der Waals surface area contributed by atoms with E-state index < -0.39 is 16.0 Å². The summed E-state index contributed by atoms with van der Waals surface area (Å²) in [4.78, 5) is 11.5. The summed E-state index contributed by atoms with van der Waals surface area (Å²) in [6, 6.07) is 5.02. The fourth-order valence-electron chi connectivity index (χ4n) is 3.18. The number of hydrogen-bond donors (Lipinski definition) is 1. The zero-order chi connectivity index (χ0) is 19.1. The van der Waals surface area contributed by atoms with Crippen molar-refractivity contribution in [3.05, 3.63) is 40.7 Å². The van der Waals surface area contributed by atoms with E-state index in [0.29, 0.717) is 24.3 Å². The van der Waals surface area contributed by atoms with Gasteiger partial charge in [-0.2, -0.15) is 9.40 Å². The minimum absolute atomic E-state index is 0.0212. The number of fused-ring (bicyclic) bond motifs is 1. The Balaban J connectivity index is 2.03. The number of aryl methyl sites for hydroxylation is 2. The number of carbonyl (C=O) groups is 1. The van der Waals surface area contributed by atoms with Crippen molar-refractivity contribution in [1.82, 2.24) is 14.1 Å². The monoisotopic (exact) mass is 379 g/mol. The normalized spacial score (nSPS) is 14.9. The van der Waals surface area contributed by atoms with Crippen LogP contribution >= 0.6 is 0 Å². The molecule has 0 fully saturated rings. The van der Waals surface area contributed by atoms with Gasteiger partial charge in [0.05, 0.1) is 6.61 Å². The Bertz CT molecular complexity index is 965. The van der Waals surface area contributed by atoms with Crippen LogP contribution in [0.3, 0.4) is 0 Å². The predicted octanol–water partition coefficient (Wildman–Crippen LogP) is 1.57. The third kappa shape index (κ3) is 3.08. The topological polar surface area (TPSA) is 102 Å². The molecule has 26 heavy (non-hydrogen) atoms. The number of benzene rings is 1. The quantitative estimate of drug-likeness (QED) is 0.846. The number of rotatable bonds is 5. The fraction of sp³-hybridized carbons (Fsp3) is 0.412. The lowest BCUT2D eigenvalue weighted by Crippen LogP contribution is -2.37. The number of nitrogens with zero attached hydrogens (tertiary/aromatic N) is 3. The standard InChI is InChI=1S/C17H21N3O5S/c1-4-25-14-6-5-11(2)9-15(14)26(23,24)20-8-7-13-12(10-20)16(17(21)22)18-19(13)3/h5-6,9H,4,7-8,10H2,1-3H3,(H,21,22). The number of ether oxygens (including phenoxy) is 1. The molecule has 3 rings (SSSR count). The largest absolute Gasteiger partial charge is 0.492 e. The van der Waals surface area contributed by atoms with Gasteiger partial charge in [-0.15, -0.1) is 0 Å². The molecule has 140 valence electrons. The number of carboxylic acids is 1. The highest BCUT2D eigenvalue weighted by Gasteiger charge is 2.35. The van der Waals surface area contributed by atoms with Gasteiger partial charge in [0, 0.05) is 37.8 Å². The van der Waals surface area contributed by atoms with E-state index in [1.165, 1.54) is 8.99 Å². The first-order valence-corrected chi connectivity index (χ1v) is 9.71. The maximum Gasteiger partial charge on any atom is 0.356 e. The molecule has 0 spiro atoms. The number of carboxylic acid groups (broad SMARTS) is 1. The molecule has 0 radical (unpaired) electrons. The first kappa shape index (κ1) is 18.4. The highest BCUT2D eigenvalue weighted by molar-refractivity contribution is 7.89. The maximum atomic E-state index is 13.2. The molecular weight excluding hydrogens is 358 g/mol. The molecule has 1 N–H and O–H groups in total. The van der Waals surface area contributed by atoms with Crippen LogP contribution in [-0.4, -0.2) is 46.7 Å². The fourth-order valence-corrected chi connectivity index (χ4v) is 4.80. The molecule has 1 aliphatic rings. The van der Waals surface area contributed by atoms with Gasteiger partial charge in [-0.05, 0) is 31.5 Å². The zero-order valence-corrected chi connectivity index (χ0v) is 15.7. The van der Waals surface area contributed by atoms with E-state index >= 15 is 0 Å². The van der Waals surface area contributed by atoms with Crippen molar-refractivity contribution in [3.63, 3.8) is 0 Å². The summed E-state index contributed by atoms with van der Waals surface area (Å²) in [6.45, 7) is 4.19. The molecule has 2 aromatic rings. The molecule has 0 aliphatic carbocycles. The van der Waals surface area contributed by atoms with Gasteiger partial charge in [-0.1, -0.05) is 6.07 Å². The smallest absolute Gasteiger partial charge is 0.356 e. The Kier molecular flexibility index (Phi) is 4.76. The van der Waals surface area contributed by atoms with Gasteiger partial charge < -0.3 is 9.84 Å². The SMILES string of the molecule is CCOc1ccc(C)cc1S(=O)(=O)N1CCc2c(c(C(=O)O)nn2C)C1. The first-order chi connectivity index (χ1) is 12.3. The predicted molar refractivity (Wildman–Crippen MR) is 93.8 cm³/mol. The molecule has 2 heterocycles. The van der Waals surface area contributed by atoms with Gasteiger partial charge >= 0.3 is 5.97 Å². The molecule has 1 aliphatic heterocycles. The van der Waals surface area contributed by atoms with E-state index in [-0.39, 0.29) is 23.7 Å². The van der Waals surface area contributed by atoms with Crippen LogP contribution < -0.4 is 4.74 Å². The first-order valence-electron chi connectivity index (χ1n) is 8.27. The molecule has 0 amide bonds. The van der Waals surface area contributed by atoms with Crippen LogP contribution in [0.4, 0.5) is 0 Å². The van der Waals surface area contributed by atoms with E-state index in [4.69, 9.17) is 4.74 Å². The second-order valence-electron chi connectivity index (χ2n) is 6.17. The lowest BCUT2D eigenvalue weighted by molar-refractivity contribution is 0.0687. The van der Waals surface area contributed by atoms with Crippen molar-refractivity contribution in [2.45, 2.75) is 31.7 Å². The van der Waals surface area contributed by atoms with Gasteiger partial charge in [0.15, 0.2) is 5.69 Å². The molecule has 0 atom stereocenters. The summed E-state index contributed by atoms with van der Waals surface area (Å²) in [5.41, 5.74) is 1.90. The number of aromatic carboxylic acids is 1. The minimum atomic E-state index is -3.83. The summed E-state index contributed by atoms with van der Waals surface area (Å²) >= 11 is 0. The van der Waals surface area contributed by atoms with Crippen molar-refractivity contribution in [1.29, 1.82) is 0 Å². The van der Waals surface area contributed by atoms with Crippen molar-refractivity contribution >= 4 is 16.0 Å². The Morgan fingerprint density at radius 2 is 2.12 bits per heavy atom. The Hall–Kier alpha value is -2.39. The average molecular weight is 379 g/mol. The molecule has 1 aromatic heterocycles. The lowest BCUT2D eigenvalue weighted by Gasteiger charge is -2.27. The summed E-state index contributed by atoms with van der Waals surface area (Å²) in [5.74, 6) is -0.861. The average Bonchev–Trinajstić information content (AvgIpc) is 2.93. The molecule has 0 bridgehead atoms. The minimum Gasteiger partial charge on any atom is -0.492 e. The van der Waals surface area contributed by atoms with E-state index in [1.54, 1.807) is 32.2 Å². The van der Waals surface area contributed by atoms with Gasteiger partial charge in [-0.25, -0.2) is 13.2 Å². The van der Waals surface area contributed by atoms with E-state index in [1.807, 2.05) is 6.92 Å². The van der Waals surface area contributed by atoms with E-state index in [0.717, 1.165) is 11.3 Å². The summed E-state index contributed by atoms with van der Waals surface area (Å²) in [5, 5.41) is 13.4. The van der Waals surface area contributed by atoms with Gasteiger partial charge in [0.1, 0.15) is 10.6 Å². The molecule has 1 aromatic carbocycles. The highest BCUT2D eigenvalue weighted by Crippen LogP contribution is 2.32. The van der Waals surface area contributed by atoms with Gasteiger partial charge in [0.25, 0.3) is 0 Å². The number of sulfonamides is 1. The van der Waals surface area contributed by atoms with E-state index in [9.17, 15) is 18.3 Å². The van der Waals surface area contributed by atoms with Crippen molar-refractivity contribution in [3.8, 4) is 5.75 Å². The van der Waals surface area contributed by atoms with Gasteiger partial charge in [0.2, 0.25) is 10.0 Å². The van der Waals surface area contributed by atoms with Crippen molar-refractivity contribution < 1.29 is 23.1 Å². The van der Waals surface area contributed by atoms with Crippen LogP contribution in [0.5, 0.6) is 5.75 Å². The lowest BCUT2D eigenvalue weighted by atomic mass is 10.1. The van der Waals surface area contributed by atoms with Crippen LogP contribution in [0.25, 0.3) is 0 Å². The second kappa shape index (κ2) is 6.73. The van der Waals surface area contributed by atoms with E-state index in [2.05, 4.69) is 5.10 Å². The summed E-state index contributed by atoms with van der Waals surface area (Å²) in [7, 11) is -2.17. The Morgan fingerprint density at radius 1 is 1.38 bits per heavy atom. The molecule has 8 nitrogen and oxygen atoms in total. The third-order valence-corrected chi connectivity index (χ3v) is 6.29. The molecule has 0 saturated heterocycles. The van der Waals surface area contributed by atoms with Crippen molar-refractivity contribution in [2.24, 2.45) is 7.05 Å². The highest BCUT2D eigenvalue weighted by atomic mass is 32.2. The Labute approximate surface area is 152 Å². The summed E-state index contributed by atoms with van der Waals surface area (Å²) in [6.07, 6.45) is 0.404. The molecule has 9 heteroatoms. The van der Waals surface area contributed by atoms with Crippen LogP contribution in [0.1, 0.15) is 34.2 Å². The van der Waals surface area contributed by atoms with Crippen LogP contribution in [0.2, 0.25) is 0 Å². The Morgan fingerprint density at radius 3 is 2.77 bits per heavy atom. The second-order valence-corrected chi connectivity index (χ2v) is 8.08. The number of hydrogen-bond acceptors (Lipinski definition) is 5. The molecular formula is C17H21N3O5S. The third-order valence-electron chi connectivity index (χ3n) is 4.43. The van der Waals surface area contributed by atoms with Crippen LogP contribution in [0, 0.1) is 6.92 Å². The number of aromatic nitrogens is 2. The zero-order valence-electron chi connectivity index (χ0n) is 14.9. The van der Waals surface area contributed by atoms with Crippen LogP contribution in [-0.2, 0) is 30.0 Å². The van der Waals surface area contributed by atoms with Crippen molar-refractivity contribution in [2.75, 3.05) is 13.2 Å². The molecule has 0 unspecified atom stereocenters. The van der Waals surface area contributed by atoms with Gasteiger partial charge in [-0.3, -0.25) is 4.68 Å². The van der Waals surface area contributed by atoms with Crippen LogP contribution in [0.15, 0.2) is 23.1 Å².